The van der Waals surface area contributed by atoms with Crippen molar-refractivity contribution >= 4 is 29.4 Å². The van der Waals surface area contributed by atoms with Crippen molar-refractivity contribution in [3.63, 3.8) is 0 Å². The molecule has 1 amide bonds. The van der Waals surface area contributed by atoms with Crippen LogP contribution in [-0.4, -0.2) is 29.6 Å². The van der Waals surface area contributed by atoms with E-state index in [0.29, 0.717) is 17.6 Å². The number of nitrogens with one attached hydrogen (secondary N) is 1. The molecular weight excluding hydrogens is 350 g/mol. The molecule has 136 valence electrons. The molecule has 3 rings (SSSR count). The van der Waals surface area contributed by atoms with E-state index in [4.69, 9.17) is 14.6 Å². The van der Waals surface area contributed by atoms with Gasteiger partial charge in [0.1, 0.15) is 0 Å². The number of allylic oxidation sites excluding steroid dienone is 1. The van der Waals surface area contributed by atoms with Gasteiger partial charge in [-0.3, -0.25) is 9.59 Å². The predicted octanol–water partition coefficient (Wildman–Crippen LogP) is 2.89. The maximum atomic E-state index is 12.6. The van der Waals surface area contributed by atoms with Gasteiger partial charge < -0.3 is 19.9 Å². The first kappa shape index (κ1) is 17.9. The van der Waals surface area contributed by atoms with Gasteiger partial charge in [0.05, 0.1) is 5.69 Å². The molecule has 0 fully saturated rings. The summed E-state index contributed by atoms with van der Waals surface area (Å²) in [6.07, 6.45) is 4.61. The molecule has 1 heterocycles. The lowest BCUT2D eigenvalue weighted by atomic mass is 10.1. The van der Waals surface area contributed by atoms with Gasteiger partial charge >= 0.3 is 5.97 Å². The Balaban J connectivity index is 1.88. The Bertz CT molecular complexity index is 946. The number of aliphatic carboxylic acids is 1. The molecule has 27 heavy (non-hydrogen) atoms. The van der Waals surface area contributed by atoms with E-state index in [0.717, 1.165) is 11.6 Å². The lowest BCUT2D eigenvalue weighted by Crippen LogP contribution is -2.12. The lowest BCUT2D eigenvalue weighted by Gasteiger charge is -2.09. The molecule has 0 bridgehead atoms. The molecule has 1 aliphatic rings. The molecule has 2 N–H and O–H groups in total. The van der Waals surface area contributed by atoms with E-state index in [9.17, 15) is 14.4 Å². The standard InChI is InChI=1S/C20H15NO6/c22-16(7-6-13-4-2-1-3-5-13)14-10-17-18(27-12-26-17)11-15(14)21-19(23)8-9-20(24)25/h1-11H,12H2,(H,21,23)(H,24,25)/b7-6+,9-8+. The van der Waals surface area contributed by atoms with E-state index in [-0.39, 0.29) is 23.8 Å². The summed E-state index contributed by atoms with van der Waals surface area (Å²) in [4.78, 5) is 35.1. The zero-order chi connectivity index (χ0) is 19.2. The number of hydrogen-bond donors (Lipinski definition) is 2. The number of carbonyl (C=O) groups excluding carboxylic acids is 2. The second kappa shape index (κ2) is 8.01. The van der Waals surface area contributed by atoms with Crippen LogP contribution in [-0.2, 0) is 9.59 Å². The van der Waals surface area contributed by atoms with Gasteiger partial charge in [-0.25, -0.2) is 4.79 Å². The molecule has 0 atom stereocenters. The maximum absolute atomic E-state index is 12.6. The molecule has 0 unspecified atom stereocenters. The topological polar surface area (TPSA) is 102 Å². The quantitative estimate of drug-likeness (QED) is 0.603. The van der Waals surface area contributed by atoms with Gasteiger partial charge in [-0.05, 0) is 17.7 Å². The average molecular weight is 365 g/mol. The second-order valence-corrected chi connectivity index (χ2v) is 5.52. The van der Waals surface area contributed by atoms with Crippen LogP contribution in [0.5, 0.6) is 11.5 Å². The number of fused-ring (bicyclic) bond motifs is 1. The maximum Gasteiger partial charge on any atom is 0.328 e. The Morgan fingerprint density at radius 1 is 0.963 bits per heavy atom. The van der Waals surface area contributed by atoms with Gasteiger partial charge in [0.2, 0.25) is 12.7 Å². The number of hydrogen-bond acceptors (Lipinski definition) is 5. The number of ketones is 1. The third-order valence-corrected chi connectivity index (χ3v) is 3.64. The van der Waals surface area contributed by atoms with Gasteiger partial charge in [-0.1, -0.05) is 36.4 Å². The van der Waals surface area contributed by atoms with Crippen molar-refractivity contribution in [3.05, 3.63) is 71.8 Å². The van der Waals surface area contributed by atoms with Gasteiger partial charge in [0.25, 0.3) is 0 Å². The summed E-state index contributed by atoms with van der Waals surface area (Å²) in [5.41, 5.74) is 1.24. The van der Waals surface area contributed by atoms with Crippen LogP contribution in [0, 0.1) is 0 Å². The highest BCUT2D eigenvalue weighted by molar-refractivity contribution is 6.14. The van der Waals surface area contributed by atoms with Crippen LogP contribution in [0.4, 0.5) is 5.69 Å². The van der Waals surface area contributed by atoms with Crippen molar-refractivity contribution in [3.8, 4) is 11.5 Å². The molecule has 0 saturated carbocycles. The number of carbonyl (C=O) groups is 3. The number of carboxylic acid groups (broad SMARTS) is 1. The number of benzene rings is 2. The van der Waals surface area contributed by atoms with Crippen molar-refractivity contribution in [1.82, 2.24) is 0 Å². The molecule has 2 aromatic carbocycles. The van der Waals surface area contributed by atoms with Crippen LogP contribution >= 0.6 is 0 Å². The monoisotopic (exact) mass is 365 g/mol. The Hall–Kier alpha value is -3.87. The summed E-state index contributed by atoms with van der Waals surface area (Å²) >= 11 is 0. The highest BCUT2D eigenvalue weighted by atomic mass is 16.7. The first-order valence-corrected chi connectivity index (χ1v) is 7.96. The van der Waals surface area contributed by atoms with E-state index in [2.05, 4.69) is 5.32 Å². The molecular formula is C20H15NO6. The first-order chi connectivity index (χ1) is 13.0. The Labute approximate surface area is 154 Å². The first-order valence-electron chi connectivity index (χ1n) is 7.96. The fourth-order valence-corrected chi connectivity index (χ4v) is 2.40. The zero-order valence-electron chi connectivity index (χ0n) is 14.0. The van der Waals surface area contributed by atoms with E-state index < -0.39 is 11.9 Å². The molecule has 2 aromatic rings. The number of anilines is 1. The van der Waals surface area contributed by atoms with E-state index >= 15 is 0 Å². The Morgan fingerprint density at radius 2 is 1.67 bits per heavy atom. The number of amides is 1. The number of ether oxygens (including phenoxy) is 2. The normalized spacial score (nSPS) is 12.4. The SMILES string of the molecule is O=C(O)/C=C/C(=O)Nc1cc2c(cc1C(=O)/C=C/c1ccccc1)OCO2. The second-order valence-electron chi connectivity index (χ2n) is 5.52. The third-order valence-electron chi connectivity index (χ3n) is 3.64. The van der Waals surface area contributed by atoms with Gasteiger partial charge in [0, 0.05) is 23.8 Å². The van der Waals surface area contributed by atoms with Crippen LogP contribution < -0.4 is 14.8 Å². The minimum absolute atomic E-state index is 0.0130. The molecule has 0 saturated heterocycles. The summed E-state index contributed by atoms with van der Waals surface area (Å²) in [5, 5.41) is 11.1. The van der Waals surface area contributed by atoms with E-state index in [1.165, 1.54) is 18.2 Å². The third kappa shape index (κ3) is 4.60. The summed E-state index contributed by atoms with van der Waals surface area (Å²) in [6.45, 7) is 0.0130. The largest absolute Gasteiger partial charge is 0.478 e. The van der Waals surface area contributed by atoms with Crippen LogP contribution in [0.3, 0.4) is 0 Å². The average Bonchev–Trinajstić information content (AvgIpc) is 3.12. The molecule has 1 aliphatic heterocycles. The van der Waals surface area contributed by atoms with Gasteiger partial charge in [-0.15, -0.1) is 0 Å². The summed E-state index contributed by atoms with van der Waals surface area (Å²) in [5.74, 6) is -1.51. The van der Waals surface area contributed by atoms with Crippen LogP contribution in [0.1, 0.15) is 15.9 Å². The van der Waals surface area contributed by atoms with Crippen molar-refractivity contribution < 1.29 is 29.0 Å². The van der Waals surface area contributed by atoms with E-state index in [1.54, 1.807) is 6.08 Å². The van der Waals surface area contributed by atoms with Crippen LogP contribution in [0.15, 0.2) is 60.7 Å². The summed E-state index contributed by atoms with van der Waals surface area (Å²) < 4.78 is 10.6. The minimum atomic E-state index is -1.25. The molecule has 0 spiro atoms. The van der Waals surface area contributed by atoms with Crippen molar-refractivity contribution in [2.75, 3.05) is 12.1 Å². The van der Waals surface area contributed by atoms with Gasteiger partial charge in [0.15, 0.2) is 17.3 Å². The van der Waals surface area contributed by atoms with Crippen LogP contribution in [0.25, 0.3) is 6.08 Å². The lowest BCUT2D eigenvalue weighted by molar-refractivity contribution is -0.131. The summed E-state index contributed by atoms with van der Waals surface area (Å²) in [6, 6.07) is 12.2. The molecule has 7 nitrogen and oxygen atoms in total. The predicted molar refractivity (Wildman–Crippen MR) is 97.8 cm³/mol. The molecule has 7 heteroatoms. The molecule has 0 aromatic heterocycles. The molecule has 0 radical (unpaired) electrons. The highest BCUT2D eigenvalue weighted by Crippen LogP contribution is 2.37. The summed E-state index contributed by atoms with van der Waals surface area (Å²) in [7, 11) is 0. The Kier molecular flexibility index (Phi) is 5.32. The van der Waals surface area contributed by atoms with Crippen molar-refractivity contribution in [1.29, 1.82) is 0 Å². The number of carboxylic acids is 1. The minimum Gasteiger partial charge on any atom is -0.478 e. The van der Waals surface area contributed by atoms with Gasteiger partial charge in [-0.2, -0.15) is 0 Å². The van der Waals surface area contributed by atoms with Crippen molar-refractivity contribution in [2.45, 2.75) is 0 Å². The fraction of sp³-hybridized carbons (Fsp3) is 0.0500. The fourth-order valence-electron chi connectivity index (χ4n) is 2.40. The van der Waals surface area contributed by atoms with Crippen LogP contribution in [0.2, 0.25) is 0 Å². The zero-order valence-corrected chi connectivity index (χ0v) is 14.0. The number of rotatable bonds is 6. The van der Waals surface area contributed by atoms with Crippen molar-refractivity contribution in [2.24, 2.45) is 0 Å². The molecule has 0 aliphatic carbocycles. The smallest absolute Gasteiger partial charge is 0.328 e. The Morgan fingerprint density at radius 3 is 2.37 bits per heavy atom. The van der Waals surface area contributed by atoms with E-state index in [1.807, 2.05) is 30.3 Å². The highest BCUT2D eigenvalue weighted by Gasteiger charge is 2.20.